The number of nitrogens with one attached hydrogen (secondary N) is 2. The van der Waals surface area contributed by atoms with Crippen LogP contribution in [0.5, 0.6) is 5.75 Å². The summed E-state index contributed by atoms with van der Waals surface area (Å²) in [5, 5.41) is 6.85. The van der Waals surface area contributed by atoms with E-state index >= 15 is 0 Å². The number of methoxy groups -OCH3 is 1. The number of rotatable bonds is 6. The summed E-state index contributed by atoms with van der Waals surface area (Å²) in [7, 11) is 3.73. The Morgan fingerprint density at radius 1 is 1.17 bits per heavy atom. The third kappa shape index (κ3) is 3.72. The maximum atomic E-state index is 5.36. The fourth-order valence-electron chi connectivity index (χ4n) is 2.13. The van der Waals surface area contributed by atoms with Crippen molar-refractivity contribution in [2.24, 2.45) is 0 Å². The number of aryl methyl sites for hydroxylation is 2. The lowest BCUT2D eigenvalue weighted by molar-refractivity contribution is 0.410. The van der Waals surface area contributed by atoms with Gasteiger partial charge in [-0.3, -0.25) is 0 Å². The monoisotopic (exact) mass is 250 g/mol. The van der Waals surface area contributed by atoms with Crippen molar-refractivity contribution in [1.82, 2.24) is 10.6 Å². The van der Waals surface area contributed by atoms with Gasteiger partial charge in [0.2, 0.25) is 0 Å². The van der Waals surface area contributed by atoms with E-state index in [1.807, 2.05) is 7.05 Å². The fourth-order valence-corrected chi connectivity index (χ4v) is 2.13. The van der Waals surface area contributed by atoms with Crippen LogP contribution >= 0.6 is 0 Å². The van der Waals surface area contributed by atoms with Gasteiger partial charge in [-0.15, -0.1) is 0 Å². The minimum atomic E-state index is 0.331. The molecule has 0 bridgehead atoms. The normalized spacial score (nSPS) is 12.8. The third-order valence-corrected chi connectivity index (χ3v) is 3.24. The first-order chi connectivity index (χ1) is 8.49. The minimum Gasteiger partial charge on any atom is -0.496 e. The van der Waals surface area contributed by atoms with E-state index in [4.69, 9.17) is 4.74 Å². The van der Waals surface area contributed by atoms with Crippen molar-refractivity contribution in [3.05, 3.63) is 28.8 Å². The summed E-state index contributed by atoms with van der Waals surface area (Å²) in [5.41, 5.74) is 3.79. The summed E-state index contributed by atoms with van der Waals surface area (Å²) < 4.78 is 5.36. The van der Waals surface area contributed by atoms with Crippen molar-refractivity contribution < 1.29 is 4.74 Å². The van der Waals surface area contributed by atoms with E-state index in [1.165, 1.54) is 16.7 Å². The summed E-state index contributed by atoms with van der Waals surface area (Å²) in [4.78, 5) is 0. The van der Waals surface area contributed by atoms with E-state index in [9.17, 15) is 0 Å². The van der Waals surface area contributed by atoms with Gasteiger partial charge in [0, 0.05) is 18.6 Å². The van der Waals surface area contributed by atoms with Gasteiger partial charge in [-0.2, -0.15) is 0 Å². The summed E-state index contributed by atoms with van der Waals surface area (Å²) in [6.45, 7) is 9.49. The molecule has 2 N–H and O–H groups in total. The van der Waals surface area contributed by atoms with Gasteiger partial charge in [-0.25, -0.2) is 0 Å². The smallest absolute Gasteiger partial charge is 0.122 e. The standard InChI is InChI=1S/C15H26N2O/c1-10(2)17-9-14(16-5)13-7-12(4)15(18-6)8-11(13)3/h7-8,10,14,16-17H,9H2,1-6H3. The lowest BCUT2D eigenvalue weighted by Gasteiger charge is -2.22. The average molecular weight is 250 g/mol. The molecule has 1 aromatic rings. The van der Waals surface area contributed by atoms with Crippen LogP contribution < -0.4 is 15.4 Å². The SMILES string of the molecule is CNC(CNC(C)C)c1cc(C)c(OC)cc1C. The van der Waals surface area contributed by atoms with Crippen LogP contribution in [-0.4, -0.2) is 26.7 Å². The molecular weight excluding hydrogens is 224 g/mol. The van der Waals surface area contributed by atoms with Crippen molar-refractivity contribution in [1.29, 1.82) is 0 Å². The molecule has 18 heavy (non-hydrogen) atoms. The number of likely N-dealkylation sites (N-methyl/N-ethyl adjacent to an activating group) is 1. The second-order valence-corrected chi connectivity index (χ2v) is 5.08. The van der Waals surface area contributed by atoms with Crippen LogP contribution in [0, 0.1) is 13.8 Å². The van der Waals surface area contributed by atoms with Crippen LogP contribution in [-0.2, 0) is 0 Å². The highest BCUT2D eigenvalue weighted by Crippen LogP contribution is 2.26. The first-order valence-corrected chi connectivity index (χ1v) is 6.55. The molecule has 0 aliphatic heterocycles. The van der Waals surface area contributed by atoms with Gasteiger partial charge >= 0.3 is 0 Å². The molecule has 3 heteroatoms. The molecule has 0 fully saturated rings. The molecule has 102 valence electrons. The van der Waals surface area contributed by atoms with Gasteiger partial charge in [0.1, 0.15) is 5.75 Å². The van der Waals surface area contributed by atoms with Gasteiger partial charge in [-0.1, -0.05) is 19.9 Å². The number of hydrogen-bond acceptors (Lipinski definition) is 3. The summed E-state index contributed by atoms with van der Waals surface area (Å²) in [6.07, 6.45) is 0. The molecular formula is C15H26N2O. The van der Waals surface area contributed by atoms with Crippen molar-refractivity contribution in [2.45, 2.75) is 39.8 Å². The second kappa shape index (κ2) is 6.76. The molecule has 0 spiro atoms. The highest BCUT2D eigenvalue weighted by atomic mass is 16.5. The second-order valence-electron chi connectivity index (χ2n) is 5.08. The molecule has 0 heterocycles. The highest BCUT2D eigenvalue weighted by molar-refractivity contribution is 5.43. The molecule has 0 radical (unpaired) electrons. The molecule has 0 aromatic heterocycles. The molecule has 0 saturated heterocycles. The first kappa shape index (κ1) is 15.0. The molecule has 3 nitrogen and oxygen atoms in total. The number of hydrogen-bond donors (Lipinski definition) is 2. The van der Waals surface area contributed by atoms with Crippen LogP contribution in [0.25, 0.3) is 0 Å². The van der Waals surface area contributed by atoms with Crippen LogP contribution in [0.4, 0.5) is 0 Å². The Hall–Kier alpha value is -1.06. The molecule has 0 saturated carbocycles. The zero-order valence-corrected chi connectivity index (χ0v) is 12.4. The van der Waals surface area contributed by atoms with Crippen LogP contribution in [0.1, 0.15) is 36.6 Å². The Balaban J connectivity index is 2.95. The summed E-state index contributed by atoms with van der Waals surface area (Å²) in [5.74, 6) is 0.961. The third-order valence-electron chi connectivity index (χ3n) is 3.24. The van der Waals surface area contributed by atoms with E-state index in [1.54, 1.807) is 7.11 Å². The van der Waals surface area contributed by atoms with Crippen molar-refractivity contribution >= 4 is 0 Å². The number of ether oxygens (including phenoxy) is 1. The molecule has 0 amide bonds. The first-order valence-electron chi connectivity index (χ1n) is 6.55. The molecule has 0 aliphatic carbocycles. The zero-order valence-electron chi connectivity index (χ0n) is 12.4. The van der Waals surface area contributed by atoms with E-state index < -0.39 is 0 Å². The van der Waals surface area contributed by atoms with Gasteiger partial charge in [0.25, 0.3) is 0 Å². The van der Waals surface area contributed by atoms with Crippen LogP contribution in [0.2, 0.25) is 0 Å². The summed E-state index contributed by atoms with van der Waals surface area (Å²) in [6, 6.07) is 5.17. The van der Waals surface area contributed by atoms with E-state index in [2.05, 4.69) is 50.5 Å². The van der Waals surface area contributed by atoms with Crippen molar-refractivity contribution in [3.8, 4) is 5.75 Å². The van der Waals surface area contributed by atoms with Crippen LogP contribution in [0.3, 0.4) is 0 Å². The molecule has 1 rings (SSSR count). The van der Waals surface area contributed by atoms with Gasteiger partial charge in [-0.05, 0) is 43.7 Å². The predicted octanol–water partition coefficient (Wildman–Crippen LogP) is 2.57. The topological polar surface area (TPSA) is 33.3 Å². The predicted molar refractivity (Wildman–Crippen MR) is 77.4 cm³/mol. The Morgan fingerprint density at radius 2 is 1.83 bits per heavy atom. The van der Waals surface area contributed by atoms with E-state index in [0.29, 0.717) is 12.1 Å². The molecule has 1 unspecified atom stereocenters. The largest absolute Gasteiger partial charge is 0.496 e. The molecule has 0 aliphatic rings. The fraction of sp³-hybridized carbons (Fsp3) is 0.600. The maximum absolute atomic E-state index is 5.36. The summed E-state index contributed by atoms with van der Waals surface area (Å²) >= 11 is 0. The van der Waals surface area contributed by atoms with E-state index in [0.717, 1.165) is 12.3 Å². The van der Waals surface area contributed by atoms with Gasteiger partial charge in [0.15, 0.2) is 0 Å². The van der Waals surface area contributed by atoms with E-state index in [-0.39, 0.29) is 0 Å². The number of benzene rings is 1. The highest BCUT2D eigenvalue weighted by Gasteiger charge is 2.14. The zero-order chi connectivity index (χ0) is 13.7. The van der Waals surface area contributed by atoms with Crippen molar-refractivity contribution in [3.63, 3.8) is 0 Å². The van der Waals surface area contributed by atoms with Gasteiger partial charge in [0.05, 0.1) is 7.11 Å². The minimum absolute atomic E-state index is 0.331. The lowest BCUT2D eigenvalue weighted by atomic mass is 9.98. The quantitative estimate of drug-likeness (QED) is 0.814. The van der Waals surface area contributed by atoms with Gasteiger partial charge < -0.3 is 15.4 Å². The molecule has 1 atom stereocenters. The van der Waals surface area contributed by atoms with Crippen molar-refractivity contribution in [2.75, 3.05) is 20.7 Å². The Bertz CT molecular complexity index is 388. The lowest BCUT2D eigenvalue weighted by Crippen LogP contribution is -2.33. The molecule has 1 aromatic carbocycles. The Kier molecular flexibility index (Phi) is 5.63. The Labute approximate surface area is 111 Å². The van der Waals surface area contributed by atoms with Crippen LogP contribution in [0.15, 0.2) is 12.1 Å². The average Bonchev–Trinajstić information content (AvgIpc) is 2.33. The Morgan fingerprint density at radius 3 is 2.33 bits per heavy atom. The maximum Gasteiger partial charge on any atom is 0.122 e.